The summed E-state index contributed by atoms with van der Waals surface area (Å²) in [5.74, 6) is 1.53. The number of likely N-dealkylation sites (tertiary alicyclic amines) is 1. The molecule has 0 unspecified atom stereocenters. The van der Waals surface area contributed by atoms with E-state index in [-0.39, 0.29) is 41.1 Å². The molecule has 0 spiro atoms. The van der Waals surface area contributed by atoms with Crippen molar-refractivity contribution in [3.05, 3.63) is 0 Å². The van der Waals surface area contributed by atoms with E-state index >= 15 is 0 Å². The third-order valence-corrected chi connectivity index (χ3v) is 20.6. The molecule has 7 heterocycles. The molecule has 7 aliphatic heterocycles. The number of piperazine rings is 5. The lowest BCUT2D eigenvalue weighted by atomic mass is 9.86. The molecule has 96 heavy (non-hydrogen) atoms. The summed E-state index contributed by atoms with van der Waals surface area (Å²) in [6.07, 6.45) is 21.1. The van der Waals surface area contributed by atoms with Gasteiger partial charge in [0.05, 0.1) is 0 Å². The number of hydrogen-bond acceptors (Lipinski definition) is 16. The summed E-state index contributed by atoms with van der Waals surface area (Å²) in [5, 5.41) is 13.6. The van der Waals surface area contributed by atoms with Crippen LogP contribution in [0.4, 0.5) is 19.2 Å². The molecule has 0 radical (unpaired) electrons. The Morgan fingerprint density at radius 1 is 0.365 bits per heavy atom. The van der Waals surface area contributed by atoms with Gasteiger partial charge in [0, 0.05) is 164 Å². The van der Waals surface area contributed by atoms with Crippen molar-refractivity contribution in [2.45, 2.75) is 330 Å². The van der Waals surface area contributed by atoms with Crippen molar-refractivity contribution in [2.75, 3.05) is 124 Å². The van der Waals surface area contributed by atoms with E-state index in [4.69, 9.17) is 18.9 Å². The average molecular weight is 1360 g/mol. The maximum Gasteiger partial charge on any atom is 0.410 e. The van der Waals surface area contributed by atoms with Gasteiger partial charge in [0.2, 0.25) is 0 Å². The SMILES string of the molecule is CC(C)(C)OC(=O)N1CCN(C2CCC2)C(C)(C)C1.CC1(C)CN(C(=O)OC(C)(C)C)CCN1.CC1(C)CNCCN1C1CCC1.C[C@@H]1CN(C(=O)OC(C)(C)C)CCN1C1CCC1.C[C@@H]1CNCCN1C1CCC1.C[C@H]1CCCN(C(=O)OC(C)(C)C)C1.C[C@H]1CCCNC1. The minimum absolute atomic E-state index is 0.0187. The smallest absolute Gasteiger partial charge is 0.410 e. The first kappa shape index (κ1) is 83.4. The fraction of sp³-hybridized carbons (Fsp3) is 0.947. The summed E-state index contributed by atoms with van der Waals surface area (Å²) in [6.45, 7) is 64.0. The van der Waals surface area contributed by atoms with Crippen molar-refractivity contribution < 1.29 is 38.1 Å². The number of carbonyl (C=O) groups excluding carboxylic acids is 4. The summed E-state index contributed by atoms with van der Waals surface area (Å²) < 4.78 is 21.5. The summed E-state index contributed by atoms with van der Waals surface area (Å²) >= 11 is 0. The van der Waals surface area contributed by atoms with Gasteiger partial charge in [-0.2, -0.15) is 0 Å². The van der Waals surface area contributed by atoms with Gasteiger partial charge in [-0.05, 0) is 240 Å². The Morgan fingerprint density at radius 2 is 0.792 bits per heavy atom. The standard InChI is InChI=1S/C15H28N2O2.C14H26N2O2.C11H22N2O2.C11H21NO2.C10H20N2.C9H18N2.C6H13N/c1-14(2,3)19-13(18)16-9-10-17(12-7-6-8-12)15(4,5)11-16;1-11-10-15(13(17)18-14(2,3)4)8-9-16(11)12-6-5-7-12;1-10(2,3)15-9(14)13-7-6-12-11(4,5)8-13;1-9-6-5-7-12(8-9)10(13)14-11(2,3)4;1-10(2)8-11-6-7-12(10)9-4-3-5-9;1-8-7-10-5-6-11(8)9-3-2-4-9;1-6-3-2-4-7-5-6/h12H,6-11H2,1-5H3;11-12H,5-10H2,1-4H3;12H,6-8H2,1-5H3;9H,5-8H2,1-4H3;9,11H,3-8H2,1-2H3;8-10H,2-7H2,1H3;6-7H,2-5H2,1H3/t;11-;;9-;;8-;6-/m.1.0.10/s1. The van der Waals surface area contributed by atoms with Crippen LogP contribution in [0.25, 0.3) is 0 Å². The Kier molecular flexibility index (Phi) is 32.7. The average Bonchev–Trinajstić information content (AvgIpc) is 0.814. The fourth-order valence-corrected chi connectivity index (χ4v) is 14.6. The molecule has 11 fully saturated rings. The van der Waals surface area contributed by atoms with Crippen molar-refractivity contribution in [3.8, 4) is 0 Å². The molecule has 0 aromatic carbocycles. The Morgan fingerprint density at radius 3 is 1.18 bits per heavy atom. The third kappa shape index (κ3) is 29.8. The normalized spacial score (nSPS) is 27.1. The van der Waals surface area contributed by atoms with Crippen molar-refractivity contribution in [3.63, 3.8) is 0 Å². The van der Waals surface area contributed by atoms with Crippen LogP contribution in [0.5, 0.6) is 0 Å². The summed E-state index contributed by atoms with van der Waals surface area (Å²) in [5.41, 5.74) is -1.17. The van der Waals surface area contributed by atoms with Crippen molar-refractivity contribution >= 4 is 24.4 Å². The lowest BCUT2D eigenvalue weighted by Gasteiger charge is -2.52. The predicted octanol–water partition coefficient (Wildman–Crippen LogP) is 12.7. The highest BCUT2D eigenvalue weighted by Gasteiger charge is 2.43. The van der Waals surface area contributed by atoms with E-state index in [1.54, 1.807) is 4.90 Å². The van der Waals surface area contributed by atoms with Gasteiger partial charge >= 0.3 is 24.4 Å². The van der Waals surface area contributed by atoms with E-state index in [1.807, 2.05) is 97.8 Å². The maximum absolute atomic E-state index is 12.1. The number of rotatable bonds is 4. The van der Waals surface area contributed by atoms with Gasteiger partial charge in [-0.25, -0.2) is 19.2 Å². The highest BCUT2D eigenvalue weighted by atomic mass is 16.6. The summed E-state index contributed by atoms with van der Waals surface area (Å²) in [4.78, 5) is 65.4. The Balaban J connectivity index is 0.000000206. The molecular formula is C76H148N12O8. The van der Waals surface area contributed by atoms with Gasteiger partial charge in [-0.15, -0.1) is 0 Å². The number of amides is 4. The molecule has 20 heteroatoms. The highest BCUT2D eigenvalue weighted by molar-refractivity contribution is 5.69. The molecule has 4 amide bonds. The molecule has 4 atom stereocenters. The first-order valence-corrected chi connectivity index (χ1v) is 38.4. The van der Waals surface area contributed by atoms with E-state index in [1.165, 1.54) is 142 Å². The minimum Gasteiger partial charge on any atom is -0.444 e. The van der Waals surface area contributed by atoms with E-state index in [0.29, 0.717) is 24.0 Å². The Labute approximate surface area is 586 Å². The Hall–Kier alpha value is -3.24. The van der Waals surface area contributed by atoms with Crippen LogP contribution in [-0.2, 0) is 18.9 Å². The van der Waals surface area contributed by atoms with Crippen LogP contribution in [0.15, 0.2) is 0 Å². The van der Waals surface area contributed by atoms with E-state index < -0.39 is 16.8 Å². The lowest BCUT2D eigenvalue weighted by Crippen LogP contribution is -2.64. The highest BCUT2D eigenvalue weighted by Crippen LogP contribution is 2.35. The second kappa shape index (κ2) is 37.6. The zero-order chi connectivity index (χ0) is 71.5. The fourth-order valence-electron chi connectivity index (χ4n) is 14.6. The number of piperidine rings is 2. The van der Waals surface area contributed by atoms with Crippen molar-refractivity contribution in [1.82, 2.24) is 60.5 Å². The second-order valence-corrected chi connectivity index (χ2v) is 36.1. The van der Waals surface area contributed by atoms with Crippen LogP contribution in [0.2, 0.25) is 0 Å². The van der Waals surface area contributed by atoms with Gasteiger partial charge in [0.1, 0.15) is 22.4 Å². The van der Waals surface area contributed by atoms with Gasteiger partial charge in [-0.1, -0.05) is 39.5 Å². The molecule has 4 saturated carbocycles. The van der Waals surface area contributed by atoms with Gasteiger partial charge < -0.3 is 59.8 Å². The first-order chi connectivity index (χ1) is 44.6. The zero-order valence-corrected chi connectivity index (χ0v) is 65.7. The van der Waals surface area contributed by atoms with Gasteiger partial charge in [0.25, 0.3) is 0 Å². The van der Waals surface area contributed by atoms with Crippen LogP contribution in [0.3, 0.4) is 0 Å². The molecule has 4 N–H and O–H groups in total. The van der Waals surface area contributed by atoms with Crippen LogP contribution in [-0.4, -0.2) is 263 Å². The molecule has 7 saturated heterocycles. The van der Waals surface area contributed by atoms with Crippen molar-refractivity contribution in [2.24, 2.45) is 11.8 Å². The molecule has 0 bridgehead atoms. The van der Waals surface area contributed by atoms with E-state index in [9.17, 15) is 19.2 Å². The number of nitrogens with one attached hydrogen (secondary N) is 4. The zero-order valence-electron chi connectivity index (χ0n) is 65.7. The topological polar surface area (TPSA) is 179 Å². The summed E-state index contributed by atoms with van der Waals surface area (Å²) in [6, 6.07) is 4.57. The minimum atomic E-state index is -0.411. The predicted molar refractivity (Wildman–Crippen MR) is 393 cm³/mol. The number of nitrogens with zero attached hydrogens (tertiary/aromatic N) is 8. The third-order valence-electron chi connectivity index (χ3n) is 20.6. The molecule has 11 aliphatic rings. The quantitative estimate of drug-likeness (QED) is 0.195. The largest absolute Gasteiger partial charge is 0.444 e. The van der Waals surface area contributed by atoms with Crippen LogP contribution >= 0.6 is 0 Å². The Bertz CT molecular complexity index is 2290. The first-order valence-electron chi connectivity index (χ1n) is 38.4. The molecule has 0 aromatic rings. The lowest BCUT2D eigenvalue weighted by molar-refractivity contribution is -0.0447. The number of carbonyl (C=O) groups is 4. The van der Waals surface area contributed by atoms with E-state index in [0.717, 1.165) is 115 Å². The van der Waals surface area contributed by atoms with Crippen LogP contribution in [0.1, 0.15) is 255 Å². The monoisotopic (exact) mass is 1360 g/mol. The summed E-state index contributed by atoms with van der Waals surface area (Å²) in [7, 11) is 0. The maximum atomic E-state index is 12.1. The molecule has 11 rings (SSSR count). The van der Waals surface area contributed by atoms with Crippen LogP contribution in [0, 0.1) is 11.8 Å². The molecule has 4 aliphatic carbocycles. The van der Waals surface area contributed by atoms with Crippen LogP contribution < -0.4 is 21.3 Å². The molecule has 20 nitrogen and oxygen atoms in total. The van der Waals surface area contributed by atoms with E-state index in [2.05, 4.69) is 110 Å². The molecule has 560 valence electrons. The van der Waals surface area contributed by atoms with Crippen molar-refractivity contribution in [1.29, 1.82) is 0 Å². The van der Waals surface area contributed by atoms with Gasteiger partial charge in [0.15, 0.2) is 0 Å². The molecular weight excluding hydrogens is 1210 g/mol. The number of hydrogen-bond donors (Lipinski definition) is 4. The van der Waals surface area contributed by atoms with Gasteiger partial charge in [-0.3, -0.25) is 19.6 Å². The molecule has 0 aromatic heterocycles. The number of ether oxygens (including phenoxy) is 4. The second-order valence-electron chi connectivity index (χ2n) is 36.1.